The van der Waals surface area contributed by atoms with Gasteiger partial charge in [-0.25, -0.2) is 15.0 Å². The van der Waals surface area contributed by atoms with Crippen molar-refractivity contribution in [3.05, 3.63) is 41.3 Å². The highest BCUT2D eigenvalue weighted by Crippen LogP contribution is 2.33. The highest BCUT2D eigenvalue weighted by molar-refractivity contribution is 7.99. The van der Waals surface area contributed by atoms with Crippen LogP contribution in [0.2, 0.25) is 5.02 Å². The predicted octanol–water partition coefficient (Wildman–Crippen LogP) is 4.14. The van der Waals surface area contributed by atoms with Crippen LogP contribution in [0.1, 0.15) is 12.0 Å². The molecule has 0 aliphatic rings. The van der Waals surface area contributed by atoms with E-state index in [1.54, 1.807) is 18.5 Å². The topological polar surface area (TPSA) is 50.7 Å². The van der Waals surface area contributed by atoms with Crippen LogP contribution in [-0.4, -0.2) is 27.2 Å². The quantitative estimate of drug-likeness (QED) is 0.628. The Morgan fingerprint density at radius 1 is 1.18 bits per heavy atom. The monoisotopic (exact) mass is 348 g/mol. The van der Waals surface area contributed by atoms with Gasteiger partial charge in [-0.3, -0.25) is 0 Å². The molecule has 0 unspecified atom stereocenters. The Morgan fingerprint density at radius 2 is 1.91 bits per heavy atom. The standard InChI is InChI=1S/C13H12ClF3N4S/c14-10-7-9(13(15,16)17)8-21-11(10)22-6-2-5-20-12-18-3-1-4-19-12/h1,3-4,7-8H,2,5-6H2,(H,18,19,20). The summed E-state index contributed by atoms with van der Waals surface area (Å²) in [5, 5.41) is 3.44. The Kier molecular flexibility index (Phi) is 5.84. The Balaban J connectivity index is 1.77. The number of anilines is 1. The third kappa shape index (κ3) is 5.03. The van der Waals surface area contributed by atoms with E-state index in [0.29, 0.717) is 23.3 Å². The van der Waals surface area contributed by atoms with E-state index >= 15 is 0 Å². The third-order valence-electron chi connectivity index (χ3n) is 2.54. The molecule has 0 spiro atoms. The fourth-order valence-corrected chi connectivity index (χ4v) is 2.65. The Hall–Kier alpha value is -1.54. The molecule has 0 aromatic carbocycles. The highest BCUT2D eigenvalue weighted by Gasteiger charge is 2.31. The number of hydrogen-bond donors (Lipinski definition) is 1. The molecule has 2 rings (SSSR count). The van der Waals surface area contributed by atoms with Crippen molar-refractivity contribution < 1.29 is 13.2 Å². The molecule has 2 heterocycles. The molecule has 2 aromatic heterocycles. The van der Waals surface area contributed by atoms with E-state index in [4.69, 9.17) is 11.6 Å². The maximum absolute atomic E-state index is 12.5. The second-order valence-corrected chi connectivity index (χ2v) is 5.70. The first-order chi connectivity index (χ1) is 10.5. The summed E-state index contributed by atoms with van der Waals surface area (Å²) in [4.78, 5) is 11.8. The minimum absolute atomic E-state index is 0.0131. The van der Waals surface area contributed by atoms with E-state index in [1.807, 2.05) is 0 Å². The van der Waals surface area contributed by atoms with Gasteiger partial charge < -0.3 is 5.32 Å². The zero-order valence-corrected chi connectivity index (χ0v) is 12.8. The zero-order chi connectivity index (χ0) is 16.0. The fourth-order valence-electron chi connectivity index (χ4n) is 1.52. The Morgan fingerprint density at radius 3 is 2.55 bits per heavy atom. The normalized spacial score (nSPS) is 11.5. The SMILES string of the molecule is FC(F)(F)c1cnc(SCCCNc2ncccn2)c(Cl)c1. The molecule has 0 bridgehead atoms. The van der Waals surface area contributed by atoms with Crippen LogP contribution in [0.4, 0.5) is 19.1 Å². The van der Waals surface area contributed by atoms with Crippen LogP contribution in [0, 0.1) is 0 Å². The fraction of sp³-hybridized carbons (Fsp3) is 0.308. The number of rotatable bonds is 6. The Labute approximate surface area is 134 Å². The van der Waals surface area contributed by atoms with Crippen molar-refractivity contribution in [2.45, 2.75) is 17.6 Å². The summed E-state index contributed by atoms with van der Waals surface area (Å²) >= 11 is 7.14. The number of alkyl halides is 3. The largest absolute Gasteiger partial charge is 0.417 e. The molecule has 9 heteroatoms. The number of hydrogen-bond acceptors (Lipinski definition) is 5. The molecule has 0 atom stereocenters. The van der Waals surface area contributed by atoms with Gasteiger partial charge in [0.15, 0.2) is 0 Å². The van der Waals surface area contributed by atoms with E-state index in [2.05, 4.69) is 20.3 Å². The molecule has 0 saturated heterocycles. The summed E-state index contributed by atoms with van der Waals surface area (Å²) in [5.74, 6) is 1.20. The van der Waals surface area contributed by atoms with Gasteiger partial charge in [-0.2, -0.15) is 13.2 Å². The first-order valence-corrected chi connectivity index (χ1v) is 7.69. The molecular weight excluding hydrogens is 337 g/mol. The first-order valence-electron chi connectivity index (χ1n) is 6.33. The van der Waals surface area contributed by atoms with E-state index in [-0.39, 0.29) is 5.02 Å². The van der Waals surface area contributed by atoms with Crippen LogP contribution in [0.25, 0.3) is 0 Å². The van der Waals surface area contributed by atoms with Crippen molar-refractivity contribution in [3.8, 4) is 0 Å². The van der Waals surface area contributed by atoms with Crippen molar-refractivity contribution in [2.24, 2.45) is 0 Å². The van der Waals surface area contributed by atoms with Gasteiger partial charge in [0.05, 0.1) is 10.6 Å². The molecule has 0 amide bonds. The summed E-state index contributed by atoms with van der Waals surface area (Å²) in [6, 6.07) is 2.62. The van der Waals surface area contributed by atoms with Crippen LogP contribution in [0.15, 0.2) is 35.7 Å². The molecule has 4 nitrogen and oxygen atoms in total. The van der Waals surface area contributed by atoms with Crippen LogP contribution >= 0.6 is 23.4 Å². The lowest BCUT2D eigenvalue weighted by Crippen LogP contribution is -2.06. The average molecular weight is 349 g/mol. The minimum Gasteiger partial charge on any atom is -0.354 e. The van der Waals surface area contributed by atoms with Crippen molar-refractivity contribution in [3.63, 3.8) is 0 Å². The molecule has 0 radical (unpaired) electrons. The summed E-state index contributed by atoms with van der Waals surface area (Å²) in [7, 11) is 0. The summed E-state index contributed by atoms with van der Waals surface area (Å²) < 4.78 is 37.5. The number of halogens is 4. The summed E-state index contributed by atoms with van der Waals surface area (Å²) in [6.07, 6.45) is 0.400. The van der Waals surface area contributed by atoms with Crippen molar-refractivity contribution in [1.29, 1.82) is 0 Å². The van der Waals surface area contributed by atoms with E-state index < -0.39 is 11.7 Å². The van der Waals surface area contributed by atoms with Gasteiger partial charge in [0.1, 0.15) is 5.03 Å². The van der Waals surface area contributed by atoms with E-state index in [1.165, 1.54) is 11.8 Å². The average Bonchev–Trinajstić information content (AvgIpc) is 2.48. The summed E-state index contributed by atoms with van der Waals surface area (Å²) in [5.41, 5.74) is -0.843. The maximum atomic E-state index is 12.5. The van der Waals surface area contributed by atoms with Crippen LogP contribution in [0.5, 0.6) is 0 Å². The van der Waals surface area contributed by atoms with Crippen molar-refractivity contribution in [1.82, 2.24) is 15.0 Å². The molecule has 22 heavy (non-hydrogen) atoms. The lowest BCUT2D eigenvalue weighted by molar-refractivity contribution is -0.137. The molecule has 0 fully saturated rings. The van der Waals surface area contributed by atoms with Crippen LogP contribution < -0.4 is 5.32 Å². The molecule has 0 aliphatic heterocycles. The molecular formula is C13H12ClF3N4S. The van der Waals surface area contributed by atoms with Crippen molar-refractivity contribution >= 4 is 29.3 Å². The number of aromatic nitrogens is 3. The second-order valence-electron chi connectivity index (χ2n) is 4.21. The van der Waals surface area contributed by atoms with Gasteiger partial charge in [0.25, 0.3) is 0 Å². The van der Waals surface area contributed by atoms with Gasteiger partial charge in [-0.15, -0.1) is 11.8 Å². The molecule has 118 valence electrons. The lowest BCUT2D eigenvalue weighted by atomic mass is 10.3. The molecule has 2 aromatic rings. The van der Waals surface area contributed by atoms with Crippen LogP contribution in [0.3, 0.4) is 0 Å². The summed E-state index contributed by atoms with van der Waals surface area (Å²) in [6.45, 7) is 0.648. The van der Waals surface area contributed by atoms with Crippen molar-refractivity contribution in [2.75, 3.05) is 17.6 Å². The first kappa shape index (κ1) is 16.8. The predicted molar refractivity (Wildman–Crippen MR) is 80.1 cm³/mol. The van der Waals surface area contributed by atoms with Gasteiger partial charge in [0, 0.05) is 30.9 Å². The minimum atomic E-state index is -4.43. The van der Waals surface area contributed by atoms with Gasteiger partial charge in [0.2, 0.25) is 5.95 Å². The lowest BCUT2D eigenvalue weighted by Gasteiger charge is -2.09. The molecule has 1 N–H and O–H groups in total. The van der Waals surface area contributed by atoms with Gasteiger partial charge in [-0.1, -0.05) is 11.6 Å². The Bertz CT molecular complexity index is 610. The van der Waals surface area contributed by atoms with Crippen LogP contribution in [-0.2, 0) is 6.18 Å². The zero-order valence-electron chi connectivity index (χ0n) is 11.3. The van der Waals surface area contributed by atoms with E-state index in [9.17, 15) is 13.2 Å². The number of pyridine rings is 1. The smallest absolute Gasteiger partial charge is 0.354 e. The second kappa shape index (κ2) is 7.64. The third-order valence-corrected chi connectivity index (χ3v) is 4.04. The number of nitrogens with one attached hydrogen (secondary N) is 1. The maximum Gasteiger partial charge on any atom is 0.417 e. The number of thioether (sulfide) groups is 1. The number of nitrogens with zero attached hydrogens (tertiary/aromatic N) is 3. The highest BCUT2D eigenvalue weighted by atomic mass is 35.5. The van der Waals surface area contributed by atoms with Gasteiger partial charge >= 0.3 is 6.18 Å². The van der Waals surface area contributed by atoms with Gasteiger partial charge in [-0.05, 0) is 18.6 Å². The van der Waals surface area contributed by atoms with E-state index in [0.717, 1.165) is 18.7 Å². The molecule has 0 saturated carbocycles. The molecule has 0 aliphatic carbocycles.